The summed E-state index contributed by atoms with van der Waals surface area (Å²) in [6.45, 7) is 5.44. The van der Waals surface area contributed by atoms with Crippen molar-refractivity contribution in [2.75, 3.05) is 13.2 Å². The molecule has 3 atom stereocenters. The van der Waals surface area contributed by atoms with Gasteiger partial charge in [-0.25, -0.2) is 0 Å². The van der Waals surface area contributed by atoms with E-state index in [2.05, 4.69) is 150 Å². The summed E-state index contributed by atoms with van der Waals surface area (Å²) in [4.78, 5) is 22.0. The van der Waals surface area contributed by atoms with E-state index >= 15 is 0 Å². The average molecular weight is 638 g/mol. The Balaban J connectivity index is 1.31. The van der Waals surface area contributed by atoms with Gasteiger partial charge < -0.3 is 15.0 Å². The quantitative estimate of drug-likeness (QED) is 0.152. The van der Waals surface area contributed by atoms with Crippen molar-refractivity contribution >= 4 is 11.7 Å². The highest BCUT2D eigenvalue weighted by Gasteiger charge is 2.43. The minimum absolute atomic E-state index is 0.0262. The maximum atomic E-state index is 14.2. The molecule has 1 N–H and O–H groups in total. The number of nitrogens with zero attached hydrogens (tertiary/aromatic N) is 2. The zero-order valence-corrected chi connectivity index (χ0v) is 28.1. The van der Waals surface area contributed by atoms with Gasteiger partial charge in [-0.1, -0.05) is 127 Å². The lowest BCUT2D eigenvalue weighted by Crippen LogP contribution is -2.53. The number of amides is 1. The van der Waals surface area contributed by atoms with Crippen molar-refractivity contribution in [3.63, 3.8) is 0 Å². The van der Waals surface area contributed by atoms with Gasteiger partial charge in [0, 0.05) is 18.5 Å². The number of carbonyl (C=O) groups excluding carboxylic acids is 1. The predicted octanol–water partition coefficient (Wildman–Crippen LogP) is 8.18. The summed E-state index contributed by atoms with van der Waals surface area (Å²) in [5, 5.41) is 3.25. The van der Waals surface area contributed by atoms with Crippen molar-refractivity contribution < 1.29 is 9.53 Å². The van der Waals surface area contributed by atoms with Gasteiger partial charge in [-0.3, -0.25) is 9.79 Å². The van der Waals surface area contributed by atoms with Crippen molar-refractivity contribution in [2.24, 2.45) is 10.9 Å². The molecule has 3 unspecified atom stereocenters. The molecule has 1 heterocycles. The second-order valence-electron chi connectivity index (χ2n) is 13.2. The Morgan fingerprint density at radius 2 is 1.48 bits per heavy atom. The van der Waals surface area contributed by atoms with Crippen LogP contribution in [0, 0.1) is 5.92 Å². The molecule has 1 aliphatic heterocycles. The lowest BCUT2D eigenvalue weighted by molar-refractivity contribution is -0.125. The number of rotatable bonds is 14. The Kier molecular flexibility index (Phi) is 11.2. The Labute approximate surface area is 286 Å². The second kappa shape index (κ2) is 16.3. The largest absolute Gasteiger partial charge is 0.493 e. The van der Waals surface area contributed by atoms with E-state index in [-0.39, 0.29) is 23.9 Å². The molecule has 1 amide bonds. The van der Waals surface area contributed by atoms with Crippen LogP contribution in [0.25, 0.3) is 0 Å². The summed E-state index contributed by atoms with van der Waals surface area (Å²) < 4.78 is 6.13. The van der Waals surface area contributed by atoms with Gasteiger partial charge in [-0.15, -0.1) is 0 Å². The van der Waals surface area contributed by atoms with E-state index in [0.29, 0.717) is 18.9 Å². The Bertz CT molecular complexity index is 1640. The summed E-state index contributed by atoms with van der Waals surface area (Å²) in [6.07, 6.45) is 12.1. The van der Waals surface area contributed by atoms with Crippen LogP contribution in [0.1, 0.15) is 54.9 Å². The summed E-state index contributed by atoms with van der Waals surface area (Å²) >= 11 is 0. The van der Waals surface area contributed by atoms with E-state index in [1.54, 1.807) is 0 Å². The number of aryl methyl sites for hydroxylation is 1. The SMILES string of the molecule is CC(C)NC(=O)C1C(Cc2ccc(OCC3C=CC=CC3)cc2)N=C(C(c2ccccc2)c2ccccc2)N1CCCc1ccccc1. The zero-order chi connectivity index (χ0) is 33.1. The maximum Gasteiger partial charge on any atom is 0.245 e. The molecule has 6 rings (SSSR count). The number of allylic oxidation sites excluding steroid dienone is 3. The molecule has 0 bridgehead atoms. The highest BCUT2D eigenvalue weighted by molar-refractivity contribution is 5.99. The second-order valence-corrected chi connectivity index (χ2v) is 13.2. The van der Waals surface area contributed by atoms with Crippen molar-refractivity contribution in [3.8, 4) is 5.75 Å². The summed E-state index contributed by atoms with van der Waals surface area (Å²) in [7, 11) is 0. The van der Waals surface area contributed by atoms with Crippen LogP contribution in [0.15, 0.2) is 145 Å². The van der Waals surface area contributed by atoms with Crippen LogP contribution in [0.2, 0.25) is 0 Å². The number of hydrogen-bond donors (Lipinski definition) is 1. The molecular weight excluding hydrogens is 590 g/mol. The third-order valence-corrected chi connectivity index (χ3v) is 9.13. The van der Waals surface area contributed by atoms with Crippen LogP contribution in [-0.2, 0) is 17.6 Å². The number of benzene rings is 4. The molecule has 0 fully saturated rings. The van der Waals surface area contributed by atoms with Crippen LogP contribution in [0.3, 0.4) is 0 Å². The molecule has 0 saturated carbocycles. The van der Waals surface area contributed by atoms with Gasteiger partial charge in [-0.05, 0) is 73.9 Å². The standard InChI is InChI=1S/C43H47N3O2/c1-32(2)44-43(47)41-39(30-34-25-27-38(28-26-34)48-31-35-18-9-4-10-19-35)45-42(46(41)29-15-20-33-16-7-3-8-17-33)40(36-21-11-5-12-22-36)37-23-13-6-14-24-37/h3-14,16-18,21-28,32,35,39-41H,15,19-20,29-31H2,1-2H3,(H,44,47). The maximum absolute atomic E-state index is 14.2. The Morgan fingerprint density at radius 1 is 0.833 bits per heavy atom. The molecular formula is C43H47N3O2. The molecule has 246 valence electrons. The van der Waals surface area contributed by atoms with E-state index in [1.807, 2.05) is 13.8 Å². The molecule has 48 heavy (non-hydrogen) atoms. The monoisotopic (exact) mass is 637 g/mol. The first-order valence-electron chi connectivity index (χ1n) is 17.4. The lowest BCUT2D eigenvalue weighted by atomic mass is 9.89. The predicted molar refractivity (Wildman–Crippen MR) is 197 cm³/mol. The van der Waals surface area contributed by atoms with Crippen molar-refractivity contribution in [2.45, 2.75) is 63.6 Å². The first-order valence-corrected chi connectivity index (χ1v) is 17.4. The number of hydrogen-bond acceptors (Lipinski definition) is 4. The van der Waals surface area contributed by atoms with Crippen LogP contribution < -0.4 is 10.1 Å². The fraction of sp³-hybridized carbons (Fsp3) is 0.302. The van der Waals surface area contributed by atoms with Crippen LogP contribution in [-0.4, -0.2) is 47.9 Å². The number of nitrogens with one attached hydrogen (secondary N) is 1. The Morgan fingerprint density at radius 3 is 2.08 bits per heavy atom. The van der Waals surface area contributed by atoms with Gasteiger partial charge >= 0.3 is 0 Å². The van der Waals surface area contributed by atoms with Crippen molar-refractivity contribution in [1.82, 2.24) is 10.2 Å². The van der Waals surface area contributed by atoms with Gasteiger partial charge in [0.25, 0.3) is 0 Å². The first kappa shape index (κ1) is 33.0. The van der Waals surface area contributed by atoms with Crippen LogP contribution in [0.4, 0.5) is 0 Å². The fourth-order valence-corrected chi connectivity index (χ4v) is 6.80. The van der Waals surface area contributed by atoms with E-state index in [1.165, 1.54) is 16.7 Å². The molecule has 5 nitrogen and oxygen atoms in total. The smallest absolute Gasteiger partial charge is 0.245 e. The van der Waals surface area contributed by atoms with Crippen molar-refractivity contribution in [1.29, 1.82) is 0 Å². The van der Waals surface area contributed by atoms with Crippen LogP contribution in [0.5, 0.6) is 5.75 Å². The molecule has 0 radical (unpaired) electrons. The minimum Gasteiger partial charge on any atom is -0.493 e. The molecule has 2 aliphatic rings. The molecule has 0 aromatic heterocycles. The molecule has 4 aromatic carbocycles. The molecule has 0 saturated heterocycles. The number of amidine groups is 1. The normalized spacial score (nSPS) is 18.7. The summed E-state index contributed by atoms with van der Waals surface area (Å²) in [5.41, 5.74) is 4.78. The van der Waals surface area contributed by atoms with E-state index in [4.69, 9.17) is 9.73 Å². The van der Waals surface area contributed by atoms with Gasteiger partial charge in [0.2, 0.25) is 5.91 Å². The Hall–Kier alpha value is -4.90. The van der Waals surface area contributed by atoms with Gasteiger partial charge in [-0.2, -0.15) is 0 Å². The molecule has 0 spiro atoms. The number of ether oxygens (including phenoxy) is 1. The number of aliphatic imine (C=N–C) groups is 1. The van der Waals surface area contributed by atoms with E-state index in [0.717, 1.165) is 43.0 Å². The fourth-order valence-electron chi connectivity index (χ4n) is 6.80. The molecule has 4 aromatic rings. The van der Waals surface area contributed by atoms with E-state index < -0.39 is 6.04 Å². The van der Waals surface area contributed by atoms with Crippen molar-refractivity contribution in [3.05, 3.63) is 162 Å². The zero-order valence-electron chi connectivity index (χ0n) is 28.1. The van der Waals surface area contributed by atoms with Gasteiger partial charge in [0.1, 0.15) is 17.6 Å². The third kappa shape index (κ3) is 8.51. The molecule has 5 heteroatoms. The topological polar surface area (TPSA) is 53.9 Å². The highest BCUT2D eigenvalue weighted by atomic mass is 16.5. The van der Waals surface area contributed by atoms with Gasteiger partial charge in [0.05, 0.1) is 18.6 Å². The van der Waals surface area contributed by atoms with E-state index in [9.17, 15) is 4.79 Å². The molecule has 1 aliphatic carbocycles. The third-order valence-electron chi connectivity index (χ3n) is 9.13. The number of carbonyl (C=O) groups is 1. The first-order chi connectivity index (χ1) is 23.5. The highest BCUT2D eigenvalue weighted by Crippen LogP contribution is 2.35. The average Bonchev–Trinajstić information content (AvgIpc) is 3.46. The van der Waals surface area contributed by atoms with Gasteiger partial charge in [0.15, 0.2) is 0 Å². The lowest BCUT2D eigenvalue weighted by Gasteiger charge is -2.33. The summed E-state index contributed by atoms with van der Waals surface area (Å²) in [6, 6.07) is 39.5. The van der Waals surface area contributed by atoms with Crippen LogP contribution >= 0.6 is 0 Å². The summed E-state index contributed by atoms with van der Waals surface area (Å²) in [5.74, 6) is 2.16. The minimum atomic E-state index is -0.421.